The minimum absolute atomic E-state index is 0.0701. The molecule has 0 saturated carbocycles. The lowest BCUT2D eigenvalue weighted by Crippen LogP contribution is -2.57. The second-order valence-electron chi connectivity index (χ2n) is 6.99. The highest BCUT2D eigenvalue weighted by Crippen LogP contribution is 2.28. The second-order valence-corrected chi connectivity index (χ2v) is 7.38. The first kappa shape index (κ1) is 17.8. The zero-order valence-electron chi connectivity index (χ0n) is 14.8. The first-order valence-corrected chi connectivity index (χ1v) is 9.36. The summed E-state index contributed by atoms with van der Waals surface area (Å²) < 4.78 is 0. The summed E-state index contributed by atoms with van der Waals surface area (Å²) in [6, 6.07) is 16.9. The molecule has 2 aromatic rings. The van der Waals surface area contributed by atoms with Crippen molar-refractivity contribution >= 4 is 28.7 Å². The summed E-state index contributed by atoms with van der Waals surface area (Å²) in [5.74, 6) is 0. The van der Waals surface area contributed by atoms with Crippen molar-refractivity contribution in [1.82, 2.24) is 15.6 Å². The normalized spacial score (nSPS) is 19.3. The Balaban J connectivity index is 1.39. The molecule has 0 unspecified atom stereocenters. The van der Waals surface area contributed by atoms with Gasteiger partial charge in [-0.05, 0) is 42.8 Å². The van der Waals surface area contributed by atoms with Crippen LogP contribution in [0.15, 0.2) is 54.6 Å². The second kappa shape index (κ2) is 7.22. The molecule has 27 heavy (non-hydrogen) atoms. The summed E-state index contributed by atoms with van der Waals surface area (Å²) in [5, 5.41) is 16.7. The molecule has 8 heteroatoms. The first-order chi connectivity index (χ1) is 13.0. The highest BCUT2D eigenvalue weighted by molar-refractivity contribution is 7.80. The van der Waals surface area contributed by atoms with Gasteiger partial charge in [0.05, 0.1) is 10.6 Å². The number of hydrazine groups is 1. The van der Waals surface area contributed by atoms with Crippen molar-refractivity contribution in [2.45, 2.75) is 25.0 Å². The van der Waals surface area contributed by atoms with Crippen LogP contribution >= 0.6 is 12.2 Å². The average molecular weight is 383 g/mol. The van der Waals surface area contributed by atoms with Crippen LogP contribution in [0.1, 0.15) is 18.4 Å². The van der Waals surface area contributed by atoms with E-state index in [9.17, 15) is 10.1 Å². The topological polar surface area (TPSA) is 73.7 Å². The molecule has 0 radical (unpaired) electrons. The Kier molecular flexibility index (Phi) is 4.77. The van der Waals surface area contributed by atoms with Gasteiger partial charge in [0, 0.05) is 31.8 Å². The smallest absolute Gasteiger partial charge is 0.269 e. The summed E-state index contributed by atoms with van der Waals surface area (Å²) in [7, 11) is 0. The molecule has 2 aliphatic heterocycles. The molecule has 2 saturated heterocycles. The number of non-ortho nitro benzene ring substituents is 1. The van der Waals surface area contributed by atoms with E-state index in [2.05, 4.69) is 39.9 Å². The Labute approximate surface area is 163 Å². The Morgan fingerprint density at radius 1 is 1.07 bits per heavy atom. The Hall–Kier alpha value is -2.55. The summed E-state index contributed by atoms with van der Waals surface area (Å²) >= 11 is 5.50. The number of likely N-dealkylation sites (tertiary alicyclic amines) is 1. The SMILES string of the molecule is O=[N+]([O-])c1ccc(N2NC3(CCN(Cc4ccccc4)CC3)NC2=S)cc1. The summed E-state index contributed by atoms with van der Waals surface area (Å²) in [6.45, 7) is 2.88. The average Bonchev–Trinajstić information content (AvgIpc) is 3.01. The third kappa shape index (κ3) is 3.78. The van der Waals surface area contributed by atoms with E-state index in [-0.39, 0.29) is 11.4 Å². The Bertz CT molecular complexity index is 835. The van der Waals surface area contributed by atoms with Crippen molar-refractivity contribution in [1.29, 1.82) is 0 Å². The number of hydrogen-bond acceptors (Lipinski definition) is 5. The molecule has 140 valence electrons. The number of rotatable bonds is 4. The molecule has 2 fully saturated rings. The van der Waals surface area contributed by atoms with Gasteiger partial charge in [-0.2, -0.15) is 0 Å². The minimum Gasteiger partial charge on any atom is -0.342 e. The molecule has 1 spiro atoms. The number of nitrogens with one attached hydrogen (secondary N) is 2. The fraction of sp³-hybridized carbons (Fsp3) is 0.316. The number of piperidine rings is 1. The van der Waals surface area contributed by atoms with Crippen LogP contribution in [0.2, 0.25) is 0 Å². The number of nitrogens with zero attached hydrogens (tertiary/aromatic N) is 3. The monoisotopic (exact) mass is 383 g/mol. The van der Waals surface area contributed by atoms with Crippen LogP contribution in [0.25, 0.3) is 0 Å². The van der Waals surface area contributed by atoms with E-state index in [0.29, 0.717) is 5.11 Å². The predicted octanol–water partition coefficient (Wildman–Crippen LogP) is 2.79. The van der Waals surface area contributed by atoms with Crippen LogP contribution in [0, 0.1) is 10.1 Å². The maximum Gasteiger partial charge on any atom is 0.269 e. The molecule has 2 N–H and O–H groups in total. The molecule has 0 atom stereocenters. The molecule has 7 nitrogen and oxygen atoms in total. The predicted molar refractivity (Wildman–Crippen MR) is 108 cm³/mol. The number of nitro benzene ring substituents is 1. The molecule has 2 aliphatic rings. The fourth-order valence-corrected chi connectivity index (χ4v) is 3.98. The van der Waals surface area contributed by atoms with Crippen molar-refractivity contribution < 1.29 is 4.92 Å². The molecule has 0 amide bonds. The highest BCUT2D eigenvalue weighted by Gasteiger charge is 2.42. The molecule has 4 rings (SSSR count). The number of thiocarbonyl (C=S) groups is 1. The van der Waals surface area contributed by atoms with Crippen LogP contribution in [-0.4, -0.2) is 33.7 Å². The van der Waals surface area contributed by atoms with Crippen LogP contribution in [-0.2, 0) is 6.54 Å². The van der Waals surface area contributed by atoms with Gasteiger partial charge in [-0.1, -0.05) is 30.3 Å². The zero-order chi connectivity index (χ0) is 18.9. The van der Waals surface area contributed by atoms with Crippen molar-refractivity contribution in [2.75, 3.05) is 18.1 Å². The van der Waals surface area contributed by atoms with Crippen LogP contribution in [0.5, 0.6) is 0 Å². The van der Waals surface area contributed by atoms with Crippen molar-refractivity contribution in [2.24, 2.45) is 0 Å². The van der Waals surface area contributed by atoms with Crippen LogP contribution < -0.4 is 15.8 Å². The van der Waals surface area contributed by atoms with Crippen LogP contribution in [0.4, 0.5) is 11.4 Å². The van der Waals surface area contributed by atoms with Crippen molar-refractivity contribution in [3.63, 3.8) is 0 Å². The van der Waals surface area contributed by atoms with Gasteiger partial charge in [0.2, 0.25) is 0 Å². The first-order valence-electron chi connectivity index (χ1n) is 8.96. The summed E-state index contributed by atoms with van der Waals surface area (Å²) in [6.07, 6.45) is 1.84. The lowest BCUT2D eigenvalue weighted by molar-refractivity contribution is -0.384. The van der Waals surface area contributed by atoms with E-state index in [1.54, 1.807) is 12.1 Å². The molecule has 2 heterocycles. The maximum atomic E-state index is 10.8. The van der Waals surface area contributed by atoms with Gasteiger partial charge >= 0.3 is 0 Å². The number of nitro groups is 1. The van der Waals surface area contributed by atoms with E-state index in [1.807, 2.05) is 11.1 Å². The van der Waals surface area contributed by atoms with Gasteiger partial charge in [0.15, 0.2) is 5.11 Å². The van der Waals surface area contributed by atoms with E-state index in [0.717, 1.165) is 38.2 Å². The van der Waals surface area contributed by atoms with Crippen LogP contribution in [0.3, 0.4) is 0 Å². The molecular weight excluding hydrogens is 362 g/mol. The van der Waals surface area contributed by atoms with Crippen molar-refractivity contribution in [3.05, 3.63) is 70.3 Å². The maximum absolute atomic E-state index is 10.8. The minimum atomic E-state index is -0.401. The summed E-state index contributed by atoms with van der Waals surface area (Å²) in [4.78, 5) is 12.9. The Morgan fingerprint density at radius 2 is 1.74 bits per heavy atom. The van der Waals surface area contributed by atoms with Gasteiger partial charge in [0.1, 0.15) is 5.66 Å². The van der Waals surface area contributed by atoms with Gasteiger partial charge < -0.3 is 5.32 Å². The van der Waals surface area contributed by atoms with Gasteiger partial charge in [-0.25, -0.2) is 5.43 Å². The van der Waals surface area contributed by atoms with E-state index < -0.39 is 4.92 Å². The molecular formula is C19H21N5O2S. The van der Waals surface area contributed by atoms with Gasteiger partial charge in [-0.15, -0.1) is 0 Å². The van der Waals surface area contributed by atoms with Crippen molar-refractivity contribution in [3.8, 4) is 0 Å². The van der Waals surface area contributed by atoms with Gasteiger partial charge in [0.25, 0.3) is 5.69 Å². The summed E-state index contributed by atoms with van der Waals surface area (Å²) in [5.41, 5.74) is 5.42. The Morgan fingerprint density at radius 3 is 2.37 bits per heavy atom. The molecule has 2 aromatic carbocycles. The van der Waals surface area contributed by atoms with E-state index in [4.69, 9.17) is 12.2 Å². The largest absolute Gasteiger partial charge is 0.342 e. The van der Waals surface area contributed by atoms with E-state index in [1.165, 1.54) is 17.7 Å². The molecule has 0 bridgehead atoms. The quantitative estimate of drug-likeness (QED) is 0.478. The molecule has 0 aliphatic carbocycles. The highest BCUT2D eigenvalue weighted by atomic mass is 32.1. The molecule has 0 aromatic heterocycles. The lowest BCUT2D eigenvalue weighted by Gasteiger charge is -2.39. The third-order valence-corrected chi connectivity index (χ3v) is 5.44. The standard InChI is InChI=1S/C19H21N5O2S/c25-24(26)17-8-6-16(7-9-17)23-18(27)20-19(21-23)10-12-22(13-11-19)14-15-4-2-1-3-5-15/h1-9,21H,10-14H2,(H,20,27). The number of anilines is 1. The third-order valence-electron chi connectivity index (χ3n) is 5.15. The number of hydrogen-bond donors (Lipinski definition) is 2. The fourth-order valence-electron chi connectivity index (χ4n) is 3.63. The number of benzene rings is 2. The van der Waals surface area contributed by atoms with E-state index >= 15 is 0 Å². The zero-order valence-corrected chi connectivity index (χ0v) is 15.6. The lowest BCUT2D eigenvalue weighted by atomic mass is 9.97. The van der Waals surface area contributed by atoms with Gasteiger partial charge in [-0.3, -0.25) is 20.0 Å².